The summed E-state index contributed by atoms with van der Waals surface area (Å²) in [6.07, 6.45) is 5.13. The Morgan fingerprint density at radius 2 is 1.79 bits per heavy atom. The number of anilines is 3. The highest BCUT2D eigenvalue weighted by atomic mass is 16.1. The Hall–Kier alpha value is -4.79. The molecule has 0 aliphatic rings. The van der Waals surface area contributed by atoms with Gasteiger partial charge in [0, 0.05) is 24.5 Å². The molecule has 9 nitrogen and oxygen atoms in total. The highest BCUT2D eigenvalue weighted by molar-refractivity contribution is 6.05. The topological polar surface area (TPSA) is 123 Å². The molecule has 1 amide bonds. The van der Waals surface area contributed by atoms with E-state index in [0.29, 0.717) is 35.1 Å². The minimum absolute atomic E-state index is 0.218. The number of nitrogens with zero attached hydrogens (tertiary/aromatic N) is 5. The molecular formula is C24H20N8O. The Kier molecular flexibility index (Phi) is 5.34. The molecule has 4 N–H and O–H groups in total. The first-order valence-electron chi connectivity index (χ1n) is 10.3. The Morgan fingerprint density at radius 3 is 2.64 bits per heavy atom. The highest BCUT2D eigenvalue weighted by Gasteiger charge is 2.10. The van der Waals surface area contributed by atoms with Crippen LogP contribution in [0.1, 0.15) is 15.9 Å². The summed E-state index contributed by atoms with van der Waals surface area (Å²) in [6.45, 7) is 0.502. The smallest absolute Gasteiger partial charge is 0.255 e. The number of hydrogen-bond donors (Lipinski definition) is 3. The van der Waals surface area contributed by atoms with Crippen LogP contribution in [0.5, 0.6) is 0 Å². The van der Waals surface area contributed by atoms with Crippen molar-refractivity contribution in [2.45, 2.75) is 6.54 Å². The number of carbonyl (C=O) groups excluding carboxylic acids is 1. The van der Waals surface area contributed by atoms with Gasteiger partial charge >= 0.3 is 0 Å². The van der Waals surface area contributed by atoms with E-state index in [9.17, 15) is 4.79 Å². The first-order chi connectivity index (χ1) is 16.2. The SMILES string of the molecule is Nc1ccccc1NC(=O)c1ccc(CNc2nccc(-c3cnc4cccnn34)n2)cc1. The predicted molar refractivity (Wildman–Crippen MR) is 127 cm³/mol. The Labute approximate surface area is 189 Å². The minimum Gasteiger partial charge on any atom is -0.397 e. The average molecular weight is 436 g/mol. The molecule has 0 saturated carbocycles. The van der Waals surface area contributed by atoms with Gasteiger partial charge in [0.2, 0.25) is 5.95 Å². The lowest BCUT2D eigenvalue weighted by Crippen LogP contribution is -2.13. The van der Waals surface area contributed by atoms with Crippen LogP contribution in [-0.4, -0.2) is 30.5 Å². The maximum atomic E-state index is 12.5. The molecule has 0 bridgehead atoms. The lowest BCUT2D eigenvalue weighted by Gasteiger charge is -2.09. The molecule has 0 radical (unpaired) electrons. The quantitative estimate of drug-likeness (QED) is 0.347. The van der Waals surface area contributed by atoms with Gasteiger partial charge in [0.15, 0.2) is 5.65 Å². The van der Waals surface area contributed by atoms with Gasteiger partial charge in [-0.2, -0.15) is 5.10 Å². The van der Waals surface area contributed by atoms with Crippen LogP contribution in [0.15, 0.2) is 85.3 Å². The number of nitrogens with two attached hydrogens (primary N) is 1. The van der Waals surface area contributed by atoms with Crippen LogP contribution in [0.2, 0.25) is 0 Å². The van der Waals surface area contributed by atoms with Crippen molar-refractivity contribution in [2.75, 3.05) is 16.4 Å². The molecule has 5 aromatic rings. The second kappa shape index (κ2) is 8.75. The van der Waals surface area contributed by atoms with E-state index in [1.165, 1.54) is 0 Å². The van der Waals surface area contributed by atoms with Crippen molar-refractivity contribution < 1.29 is 4.79 Å². The summed E-state index contributed by atoms with van der Waals surface area (Å²) in [7, 11) is 0. The van der Waals surface area contributed by atoms with E-state index in [1.807, 2.05) is 42.5 Å². The van der Waals surface area contributed by atoms with E-state index in [-0.39, 0.29) is 5.91 Å². The lowest BCUT2D eigenvalue weighted by molar-refractivity contribution is 0.102. The van der Waals surface area contributed by atoms with E-state index in [1.54, 1.807) is 47.4 Å². The van der Waals surface area contributed by atoms with Crippen LogP contribution < -0.4 is 16.4 Å². The third-order valence-corrected chi connectivity index (χ3v) is 5.07. The van der Waals surface area contributed by atoms with Crippen LogP contribution in [0, 0.1) is 0 Å². The fourth-order valence-corrected chi connectivity index (χ4v) is 3.35. The van der Waals surface area contributed by atoms with Crippen molar-refractivity contribution >= 4 is 28.9 Å². The Morgan fingerprint density at radius 1 is 0.939 bits per heavy atom. The first-order valence-corrected chi connectivity index (χ1v) is 10.3. The van der Waals surface area contributed by atoms with E-state index < -0.39 is 0 Å². The lowest BCUT2D eigenvalue weighted by atomic mass is 10.1. The largest absolute Gasteiger partial charge is 0.397 e. The van der Waals surface area contributed by atoms with Gasteiger partial charge < -0.3 is 16.4 Å². The van der Waals surface area contributed by atoms with E-state index in [2.05, 4.69) is 30.7 Å². The maximum absolute atomic E-state index is 12.5. The number of amides is 1. The fourth-order valence-electron chi connectivity index (χ4n) is 3.35. The van der Waals surface area contributed by atoms with Gasteiger partial charge in [-0.05, 0) is 48.0 Å². The first kappa shape index (κ1) is 20.1. The van der Waals surface area contributed by atoms with Gasteiger partial charge in [-0.3, -0.25) is 4.79 Å². The second-order valence-corrected chi connectivity index (χ2v) is 7.29. The van der Waals surface area contributed by atoms with E-state index in [4.69, 9.17) is 5.73 Å². The molecule has 0 atom stereocenters. The van der Waals surface area contributed by atoms with Crippen molar-refractivity contribution in [3.8, 4) is 11.4 Å². The Balaban J connectivity index is 1.25. The number of aromatic nitrogens is 5. The zero-order chi connectivity index (χ0) is 22.6. The summed E-state index contributed by atoms with van der Waals surface area (Å²) in [5.74, 6) is 0.268. The molecule has 33 heavy (non-hydrogen) atoms. The molecule has 3 aromatic heterocycles. The van der Waals surface area contributed by atoms with Crippen molar-refractivity contribution in [1.29, 1.82) is 0 Å². The molecule has 0 aliphatic carbocycles. The summed E-state index contributed by atoms with van der Waals surface area (Å²) in [5.41, 5.74) is 10.8. The van der Waals surface area contributed by atoms with Gasteiger partial charge in [-0.25, -0.2) is 19.5 Å². The fraction of sp³-hybridized carbons (Fsp3) is 0.0417. The summed E-state index contributed by atoms with van der Waals surface area (Å²) >= 11 is 0. The molecule has 0 saturated heterocycles. The molecular weight excluding hydrogens is 416 g/mol. The third-order valence-electron chi connectivity index (χ3n) is 5.07. The van der Waals surface area contributed by atoms with Gasteiger partial charge in [0.05, 0.1) is 23.3 Å². The number of para-hydroxylation sites is 2. The summed E-state index contributed by atoms with van der Waals surface area (Å²) in [4.78, 5) is 25.7. The number of nitrogens with one attached hydrogen (secondary N) is 2. The van der Waals surface area contributed by atoms with Gasteiger partial charge in [0.25, 0.3) is 5.91 Å². The normalized spacial score (nSPS) is 10.8. The molecule has 9 heteroatoms. The molecule has 0 spiro atoms. The summed E-state index contributed by atoms with van der Waals surface area (Å²) in [5, 5.41) is 10.4. The number of fused-ring (bicyclic) bond motifs is 1. The van der Waals surface area contributed by atoms with Crippen LogP contribution in [0.3, 0.4) is 0 Å². The summed E-state index contributed by atoms with van der Waals surface area (Å²) in [6, 6.07) is 20.0. The van der Waals surface area contributed by atoms with Crippen molar-refractivity contribution in [2.24, 2.45) is 0 Å². The van der Waals surface area contributed by atoms with E-state index >= 15 is 0 Å². The molecule has 2 aromatic carbocycles. The number of hydrogen-bond acceptors (Lipinski definition) is 7. The number of rotatable bonds is 6. The van der Waals surface area contributed by atoms with Gasteiger partial charge in [-0.15, -0.1) is 0 Å². The molecule has 0 fully saturated rings. The number of benzene rings is 2. The number of nitrogen functional groups attached to an aromatic ring is 1. The molecule has 162 valence electrons. The van der Waals surface area contributed by atoms with Crippen LogP contribution >= 0.6 is 0 Å². The van der Waals surface area contributed by atoms with Crippen molar-refractivity contribution in [3.05, 3.63) is 96.4 Å². The standard InChI is InChI=1S/C24H20N8O/c25-18-4-1-2-5-19(18)30-23(33)17-9-7-16(8-10-17)14-28-24-26-13-11-20(31-24)21-15-27-22-6-3-12-29-32(21)22/h1-13,15H,14,25H2,(H,30,33)(H,26,28,31). The van der Waals surface area contributed by atoms with Gasteiger partial charge in [-0.1, -0.05) is 24.3 Å². The third kappa shape index (κ3) is 4.33. The minimum atomic E-state index is -0.218. The number of imidazole rings is 1. The average Bonchev–Trinajstić information content (AvgIpc) is 3.29. The molecule has 0 aliphatic heterocycles. The highest BCUT2D eigenvalue weighted by Crippen LogP contribution is 2.20. The Bertz CT molecular complexity index is 1430. The molecule has 3 heterocycles. The van der Waals surface area contributed by atoms with Crippen LogP contribution in [0.25, 0.3) is 17.0 Å². The molecule has 5 rings (SSSR count). The van der Waals surface area contributed by atoms with Crippen molar-refractivity contribution in [1.82, 2.24) is 24.6 Å². The second-order valence-electron chi connectivity index (χ2n) is 7.29. The monoisotopic (exact) mass is 436 g/mol. The summed E-state index contributed by atoms with van der Waals surface area (Å²) < 4.78 is 1.74. The zero-order valence-electron chi connectivity index (χ0n) is 17.5. The maximum Gasteiger partial charge on any atom is 0.255 e. The number of carbonyl (C=O) groups is 1. The van der Waals surface area contributed by atoms with Crippen molar-refractivity contribution in [3.63, 3.8) is 0 Å². The molecule has 0 unspecified atom stereocenters. The van der Waals surface area contributed by atoms with Crippen LogP contribution in [-0.2, 0) is 6.54 Å². The van der Waals surface area contributed by atoms with E-state index in [0.717, 1.165) is 16.9 Å². The van der Waals surface area contributed by atoms with Crippen LogP contribution in [0.4, 0.5) is 17.3 Å². The van der Waals surface area contributed by atoms with Gasteiger partial charge in [0.1, 0.15) is 5.69 Å². The predicted octanol–water partition coefficient (Wildman–Crippen LogP) is 3.63. The zero-order valence-corrected chi connectivity index (χ0v) is 17.5.